The summed E-state index contributed by atoms with van der Waals surface area (Å²) < 4.78 is 1.78. The van der Waals surface area contributed by atoms with Crippen molar-refractivity contribution in [3.8, 4) is 0 Å². The fourth-order valence-corrected chi connectivity index (χ4v) is 3.33. The van der Waals surface area contributed by atoms with Crippen molar-refractivity contribution in [2.24, 2.45) is 12.0 Å². The number of carbonyl (C=O) groups is 1. The maximum atomic E-state index is 10.9. The Labute approximate surface area is 129 Å². The van der Waals surface area contributed by atoms with E-state index < -0.39 is 5.97 Å². The third-order valence-electron chi connectivity index (χ3n) is 2.73. The Kier molecular flexibility index (Phi) is 4.52. The Morgan fingerprint density at radius 2 is 1.95 bits per heavy atom. The van der Waals surface area contributed by atoms with E-state index in [1.165, 1.54) is 11.3 Å². The third-order valence-corrected chi connectivity index (χ3v) is 4.26. The summed E-state index contributed by atoms with van der Waals surface area (Å²) in [6.45, 7) is 1.88. The van der Waals surface area contributed by atoms with E-state index in [4.69, 9.17) is 28.3 Å². The lowest BCUT2D eigenvalue weighted by Crippen LogP contribution is -2.15. The van der Waals surface area contributed by atoms with Crippen LogP contribution in [0.25, 0.3) is 0 Å². The van der Waals surface area contributed by atoms with Gasteiger partial charge in [0.15, 0.2) is 4.80 Å². The van der Waals surface area contributed by atoms with Gasteiger partial charge in [0.1, 0.15) is 0 Å². The van der Waals surface area contributed by atoms with Gasteiger partial charge in [0.05, 0.1) is 12.1 Å². The molecule has 1 aromatic carbocycles. The highest BCUT2D eigenvalue weighted by Crippen LogP contribution is 2.24. The normalized spacial score (nSPS) is 11.9. The monoisotopic (exact) mass is 330 g/mol. The molecule has 0 aliphatic carbocycles. The highest BCUT2D eigenvalue weighted by atomic mass is 35.5. The smallest absolute Gasteiger partial charge is 0.309 e. The molecule has 0 fully saturated rings. The van der Waals surface area contributed by atoms with Crippen LogP contribution in [0.15, 0.2) is 23.2 Å². The summed E-state index contributed by atoms with van der Waals surface area (Å²) in [5, 5.41) is 9.94. The van der Waals surface area contributed by atoms with Gasteiger partial charge >= 0.3 is 5.97 Å². The van der Waals surface area contributed by atoms with Crippen molar-refractivity contribution in [1.82, 2.24) is 4.57 Å². The van der Waals surface area contributed by atoms with Crippen LogP contribution >= 0.6 is 34.5 Å². The van der Waals surface area contributed by atoms with E-state index in [2.05, 4.69) is 4.99 Å². The summed E-state index contributed by atoms with van der Waals surface area (Å²) >= 11 is 13.3. The molecule has 4 nitrogen and oxygen atoms in total. The molecule has 0 radical (unpaired) electrons. The molecule has 1 heterocycles. The van der Waals surface area contributed by atoms with E-state index in [0.717, 1.165) is 10.6 Å². The summed E-state index contributed by atoms with van der Waals surface area (Å²) in [6.07, 6.45) is -0.0232. The van der Waals surface area contributed by atoms with Crippen LogP contribution in [0.5, 0.6) is 0 Å². The van der Waals surface area contributed by atoms with E-state index in [1.54, 1.807) is 29.8 Å². The van der Waals surface area contributed by atoms with E-state index in [1.807, 2.05) is 6.92 Å². The van der Waals surface area contributed by atoms with Gasteiger partial charge in [-0.2, -0.15) is 0 Å². The summed E-state index contributed by atoms with van der Waals surface area (Å²) in [4.78, 5) is 17.0. The number of carboxylic acids is 1. The number of aliphatic carboxylic acids is 1. The van der Waals surface area contributed by atoms with Crippen molar-refractivity contribution < 1.29 is 9.90 Å². The summed E-state index contributed by atoms with van der Waals surface area (Å²) in [5.74, 6) is -0.862. The second-order valence-corrected chi connectivity index (χ2v) is 6.31. The first-order valence-corrected chi connectivity index (χ1v) is 7.32. The molecule has 0 unspecified atom stereocenters. The second kappa shape index (κ2) is 5.99. The van der Waals surface area contributed by atoms with Crippen LogP contribution in [0.3, 0.4) is 0 Å². The molecule has 0 atom stereocenters. The predicted molar refractivity (Wildman–Crippen MR) is 81.1 cm³/mol. The van der Waals surface area contributed by atoms with Crippen molar-refractivity contribution in [3.63, 3.8) is 0 Å². The molecule has 1 N–H and O–H groups in total. The van der Waals surface area contributed by atoms with Crippen molar-refractivity contribution in [2.45, 2.75) is 13.3 Å². The number of aryl methyl sites for hydroxylation is 1. The molecule has 0 spiro atoms. The molecular formula is C13H12Cl2N2O2S. The molecule has 0 bridgehead atoms. The SMILES string of the molecule is Cc1sc(=Nc2cc(Cl)cc(Cl)c2)n(C)c1CC(=O)O. The number of nitrogens with zero attached hydrogens (tertiary/aromatic N) is 2. The Morgan fingerprint density at radius 1 is 1.35 bits per heavy atom. The average Bonchev–Trinajstić information content (AvgIpc) is 2.55. The number of thiazole rings is 1. The van der Waals surface area contributed by atoms with E-state index in [0.29, 0.717) is 20.5 Å². The van der Waals surface area contributed by atoms with Gasteiger partial charge in [0, 0.05) is 27.7 Å². The number of carboxylic acid groups (broad SMARTS) is 1. The maximum Gasteiger partial charge on any atom is 0.309 e. The molecule has 0 saturated carbocycles. The standard InChI is InChI=1S/C13H12Cl2N2O2S/c1-7-11(6-12(18)19)17(2)13(20-7)16-10-4-8(14)3-9(15)5-10/h3-5H,6H2,1-2H3,(H,18,19). The highest BCUT2D eigenvalue weighted by molar-refractivity contribution is 7.09. The largest absolute Gasteiger partial charge is 0.481 e. The Hall–Kier alpha value is -1.30. The maximum absolute atomic E-state index is 10.9. The molecule has 0 saturated heterocycles. The summed E-state index contributed by atoms with van der Waals surface area (Å²) in [7, 11) is 1.80. The van der Waals surface area contributed by atoms with Gasteiger partial charge in [-0.05, 0) is 25.1 Å². The fourth-order valence-electron chi connectivity index (χ4n) is 1.81. The Bertz CT molecular complexity index is 714. The second-order valence-electron chi connectivity index (χ2n) is 4.26. The fraction of sp³-hybridized carbons (Fsp3) is 0.231. The molecule has 0 amide bonds. The predicted octanol–water partition coefficient (Wildman–Crippen LogP) is 3.56. The first kappa shape index (κ1) is 15.1. The molecule has 2 rings (SSSR count). The zero-order chi connectivity index (χ0) is 14.9. The van der Waals surface area contributed by atoms with Crippen LogP contribution in [0.4, 0.5) is 5.69 Å². The van der Waals surface area contributed by atoms with Crippen LogP contribution in [0, 0.1) is 6.92 Å². The lowest BCUT2D eigenvalue weighted by atomic mass is 10.3. The topological polar surface area (TPSA) is 54.6 Å². The van der Waals surface area contributed by atoms with Crippen molar-refractivity contribution in [1.29, 1.82) is 0 Å². The number of hydrogen-bond acceptors (Lipinski definition) is 3. The number of aromatic nitrogens is 1. The van der Waals surface area contributed by atoms with Crippen LogP contribution in [-0.2, 0) is 18.3 Å². The molecule has 106 valence electrons. The number of halogens is 2. The molecule has 7 heteroatoms. The number of hydrogen-bond donors (Lipinski definition) is 1. The van der Waals surface area contributed by atoms with E-state index >= 15 is 0 Å². The number of benzene rings is 1. The van der Waals surface area contributed by atoms with Gasteiger partial charge in [0.25, 0.3) is 0 Å². The minimum absolute atomic E-state index is 0.0232. The highest BCUT2D eigenvalue weighted by Gasteiger charge is 2.11. The Morgan fingerprint density at radius 3 is 2.50 bits per heavy atom. The molecule has 0 aliphatic rings. The lowest BCUT2D eigenvalue weighted by molar-refractivity contribution is -0.136. The first-order valence-electron chi connectivity index (χ1n) is 5.74. The van der Waals surface area contributed by atoms with Gasteiger partial charge in [-0.25, -0.2) is 4.99 Å². The van der Waals surface area contributed by atoms with Gasteiger partial charge in [0.2, 0.25) is 0 Å². The zero-order valence-corrected chi connectivity index (χ0v) is 13.2. The van der Waals surface area contributed by atoms with Crippen LogP contribution in [-0.4, -0.2) is 15.6 Å². The third kappa shape index (κ3) is 3.42. The minimum atomic E-state index is -0.862. The van der Waals surface area contributed by atoms with Crippen molar-refractivity contribution >= 4 is 46.2 Å². The minimum Gasteiger partial charge on any atom is -0.481 e. The van der Waals surface area contributed by atoms with Crippen LogP contribution in [0.1, 0.15) is 10.6 Å². The average molecular weight is 331 g/mol. The zero-order valence-electron chi connectivity index (χ0n) is 10.9. The molecular weight excluding hydrogens is 319 g/mol. The molecule has 2 aromatic rings. The molecule has 20 heavy (non-hydrogen) atoms. The van der Waals surface area contributed by atoms with Gasteiger partial charge in [-0.1, -0.05) is 23.2 Å². The van der Waals surface area contributed by atoms with Crippen molar-refractivity contribution in [2.75, 3.05) is 0 Å². The van der Waals surface area contributed by atoms with Crippen molar-refractivity contribution in [3.05, 3.63) is 43.6 Å². The van der Waals surface area contributed by atoms with Gasteiger partial charge in [-0.3, -0.25) is 4.79 Å². The quantitative estimate of drug-likeness (QED) is 0.935. The summed E-state index contributed by atoms with van der Waals surface area (Å²) in [5.41, 5.74) is 1.38. The van der Waals surface area contributed by atoms with Gasteiger partial charge in [-0.15, -0.1) is 11.3 Å². The summed E-state index contributed by atoms with van der Waals surface area (Å²) in [6, 6.07) is 5.05. The number of rotatable bonds is 3. The van der Waals surface area contributed by atoms with Crippen LogP contribution in [0.2, 0.25) is 10.0 Å². The van der Waals surface area contributed by atoms with E-state index in [9.17, 15) is 4.79 Å². The molecule has 1 aromatic heterocycles. The Balaban J connectivity index is 2.52. The lowest BCUT2D eigenvalue weighted by Gasteiger charge is -2.01. The first-order chi connectivity index (χ1) is 9.36. The molecule has 0 aliphatic heterocycles. The van der Waals surface area contributed by atoms with Crippen LogP contribution < -0.4 is 4.80 Å². The van der Waals surface area contributed by atoms with Gasteiger partial charge < -0.3 is 9.67 Å². The van der Waals surface area contributed by atoms with E-state index in [-0.39, 0.29) is 6.42 Å².